The number of hydrogen-bond donors (Lipinski definition) is 1. The van der Waals surface area contributed by atoms with Crippen LogP contribution in [0.3, 0.4) is 0 Å². The molecular weight excluding hydrogens is 182 g/mol. The second-order valence-corrected chi connectivity index (χ2v) is 4.97. The van der Waals surface area contributed by atoms with Crippen molar-refractivity contribution in [2.75, 3.05) is 6.54 Å². The third-order valence-corrected chi connectivity index (χ3v) is 4.16. The second kappa shape index (κ2) is 3.97. The van der Waals surface area contributed by atoms with Gasteiger partial charge < -0.3 is 5.32 Å². The first-order chi connectivity index (χ1) is 7.45. The van der Waals surface area contributed by atoms with Crippen molar-refractivity contribution in [3.63, 3.8) is 0 Å². The lowest BCUT2D eigenvalue weighted by atomic mass is 9.72. The van der Waals surface area contributed by atoms with Crippen molar-refractivity contribution in [2.24, 2.45) is 17.8 Å². The minimum Gasteiger partial charge on any atom is -0.313 e. The third-order valence-electron chi connectivity index (χ3n) is 4.16. The number of allylic oxidation sites excluding steroid dienone is 5. The van der Waals surface area contributed by atoms with Crippen LogP contribution in [0.1, 0.15) is 19.3 Å². The van der Waals surface area contributed by atoms with Gasteiger partial charge in [-0.25, -0.2) is 0 Å². The van der Waals surface area contributed by atoms with E-state index in [1.165, 1.54) is 25.8 Å². The molecule has 15 heavy (non-hydrogen) atoms. The fourth-order valence-electron chi connectivity index (χ4n) is 3.35. The summed E-state index contributed by atoms with van der Waals surface area (Å²) in [4.78, 5) is 0. The van der Waals surface area contributed by atoms with E-state index in [9.17, 15) is 0 Å². The van der Waals surface area contributed by atoms with E-state index in [4.69, 9.17) is 0 Å². The molecule has 1 N–H and O–H groups in total. The fourth-order valence-corrected chi connectivity index (χ4v) is 3.35. The molecule has 3 rings (SSSR count). The van der Waals surface area contributed by atoms with Gasteiger partial charge in [-0.15, -0.1) is 0 Å². The van der Waals surface area contributed by atoms with Gasteiger partial charge in [0.1, 0.15) is 0 Å². The molecule has 0 spiro atoms. The molecule has 0 saturated carbocycles. The highest BCUT2D eigenvalue weighted by Gasteiger charge is 2.35. The quantitative estimate of drug-likeness (QED) is 0.594. The highest BCUT2D eigenvalue weighted by molar-refractivity contribution is 5.18. The molecular formula is C14H19N. The van der Waals surface area contributed by atoms with Gasteiger partial charge in [0.05, 0.1) is 0 Å². The minimum atomic E-state index is 0.723. The molecule has 3 aliphatic rings. The Morgan fingerprint density at radius 1 is 1.00 bits per heavy atom. The Labute approximate surface area is 91.9 Å². The van der Waals surface area contributed by atoms with E-state index in [1.54, 1.807) is 0 Å². The summed E-state index contributed by atoms with van der Waals surface area (Å²) in [6.07, 6.45) is 17.8. The zero-order chi connectivity index (χ0) is 10.1. The van der Waals surface area contributed by atoms with Crippen molar-refractivity contribution in [3.8, 4) is 0 Å². The van der Waals surface area contributed by atoms with Crippen molar-refractivity contribution >= 4 is 0 Å². The number of nitrogens with one attached hydrogen (secondary N) is 1. The number of hydrogen-bond acceptors (Lipinski definition) is 1. The van der Waals surface area contributed by atoms with E-state index in [-0.39, 0.29) is 0 Å². The zero-order valence-electron chi connectivity index (χ0n) is 9.10. The van der Waals surface area contributed by atoms with Gasteiger partial charge in [0.15, 0.2) is 0 Å². The summed E-state index contributed by atoms with van der Waals surface area (Å²) in [5, 5.41) is 3.72. The summed E-state index contributed by atoms with van der Waals surface area (Å²) in [6.45, 7) is 1.19. The second-order valence-electron chi connectivity index (χ2n) is 4.97. The Bertz CT molecular complexity index is 313. The molecule has 1 heterocycles. The summed E-state index contributed by atoms with van der Waals surface area (Å²) in [5.41, 5.74) is 0. The molecule has 0 aromatic carbocycles. The first-order valence-corrected chi connectivity index (χ1v) is 6.18. The Hall–Kier alpha value is -0.820. The highest BCUT2D eigenvalue weighted by Crippen LogP contribution is 2.38. The maximum Gasteiger partial charge on any atom is 0.0139 e. The normalized spacial score (nSPS) is 43.2. The molecule has 0 amide bonds. The van der Waals surface area contributed by atoms with E-state index in [2.05, 4.69) is 41.8 Å². The molecule has 1 nitrogen and oxygen atoms in total. The van der Waals surface area contributed by atoms with Crippen LogP contribution in [0, 0.1) is 17.8 Å². The molecule has 0 radical (unpaired) electrons. The predicted molar refractivity (Wildman–Crippen MR) is 63.5 cm³/mol. The van der Waals surface area contributed by atoms with Crippen LogP contribution in [-0.4, -0.2) is 12.6 Å². The van der Waals surface area contributed by atoms with Crippen LogP contribution in [0.2, 0.25) is 0 Å². The smallest absolute Gasteiger partial charge is 0.0139 e. The Kier molecular flexibility index (Phi) is 2.49. The van der Waals surface area contributed by atoms with Gasteiger partial charge in [-0.2, -0.15) is 0 Å². The van der Waals surface area contributed by atoms with Crippen LogP contribution in [0.25, 0.3) is 0 Å². The molecule has 1 saturated heterocycles. The Morgan fingerprint density at radius 2 is 1.87 bits per heavy atom. The van der Waals surface area contributed by atoms with Gasteiger partial charge in [0.25, 0.3) is 0 Å². The van der Waals surface area contributed by atoms with Crippen LogP contribution in [-0.2, 0) is 0 Å². The maximum absolute atomic E-state index is 3.72. The average molecular weight is 201 g/mol. The van der Waals surface area contributed by atoms with Crippen LogP contribution in [0.5, 0.6) is 0 Å². The summed E-state index contributed by atoms with van der Waals surface area (Å²) < 4.78 is 0. The van der Waals surface area contributed by atoms with E-state index in [0.717, 1.165) is 23.8 Å². The summed E-state index contributed by atoms with van der Waals surface area (Å²) in [5.74, 6) is 2.38. The van der Waals surface area contributed by atoms with E-state index in [0.29, 0.717) is 0 Å². The molecule has 4 atom stereocenters. The third kappa shape index (κ3) is 1.69. The number of fused-ring (bicyclic) bond motifs is 3. The SMILES string of the molecule is C1=CC2CCNC3CC=CCC3C2C=C1. The molecule has 1 fully saturated rings. The van der Waals surface area contributed by atoms with Gasteiger partial charge in [0, 0.05) is 6.04 Å². The van der Waals surface area contributed by atoms with E-state index >= 15 is 0 Å². The monoisotopic (exact) mass is 201 g/mol. The summed E-state index contributed by atoms with van der Waals surface area (Å²) >= 11 is 0. The predicted octanol–water partition coefficient (Wildman–Crippen LogP) is 2.67. The standard InChI is InChI=1S/C14H19N/c1-2-6-12-11(5-1)9-10-15-14-8-4-3-7-13(12)14/h1-6,11-15H,7-10H2. The molecule has 0 aromatic heterocycles. The van der Waals surface area contributed by atoms with Crippen molar-refractivity contribution in [1.82, 2.24) is 5.32 Å². The van der Waals surface area contributed by atoms with Crippen molar-refractivity contribution in [1.29, 1.82) is 0 Å². The average Bonchev–Trinajstić information content (AvgIpc) is 2.48. The van der Waals surface area contributed by atoms with Gasteiger partial charge in [-0.3, -0.25) is 0 Å². The van der Waals surface area contributed by atoms with Gasteiger partial charge in [-0.05, 0) is 43.6 Å². The molecule has 0 aromatic rings. The Morgan fingerprint density at radius 3 is 2.87 bits per heavy atom. The fraction of sp³-hybridized carbons (Fsp3) is 0.571. The van der Waals surface area contributed by atoms with Crippen molar-refractivity contribution in [3.05, 3.63) is 36.5 Å². The lowest BCUT2D eigenvalue weighted by molar-refractivity contribution is 0.270. The number of rotatable bonds is 0. The van der Waals surface area contributed by atoms with Gasteiger partial charge >= 0.3 is 0 Å². The van der Waals surface area contributed by atoms with Crippen LogP contribution >= 0.6 is 0 Å². The van der Waals surface area contributed by atoms with E-state index < -0.39 is 0 Å². The van der Waals surface area contributed by atoms with Crippen LogP contribution < -0.4 is 5.32 Å². The van der Waals surface area contributed by atoms with Crippen LogP contribution in [0.15, 0.2) is 36.5 Å². The van der Waals surface area contributed by atoms with Crippen molar-refractivity contribution in [2.45, 2.75) is 25.3 Å². The molecule has 1 aliphatic heterocycles. The molecule has 4 unspecified atom stereocenters. The molecule has 2 aliphatic carbocycles. The Balaban J connectivity index is 1.88. The maximum atomic E-state index is 3.72. The zero-order valence-corrected chi connectivity index (χ0v) is 9.10. The highest BCUT2D eigenvalue weighted by atomic mass is 14.9. The topological polar surface area (TPSA) is 12.0 Å². The van der Waals surface area contributed by atoms with Gasteiger partial charge in [-0.1, -0.05) is 36.5 Å². The van der Waals surface area contributed by atoms with Crippen molar-refractivity contribution < 1.29 is 0 Å². The lowest BCUT2D eigenvalue weighted by Crippen LogP contribution is -2.38. The van der Waals surface area contributed by atoms with Crippen LogP contribution in [0.4, 0.5) is 0 Å². The first-order valence-electron chi connectivity index (χ1n) is 6.18. The largest absolute Gasteiger partial charge is 0.313 e. The summed E-state index contributed by atoms with van der Waals surface area (Å²) in [6, 6.07) is 0.723. The molecule has 0 bridgehead atoms. The summed E-state index contributed by atoms with van der Waals surface area (Å²) in [7, 11) is 0. The molecule has 80 valence electrons. The lowest BCUT2D eigenvalue weighted by Gasteiger charge is -2.34. The molecule has 1 heteroatoms. The van der Waals surface area contributed by atoms with E-state index in [1.807, 2.05) is 0 Å². The first kappa shape index (κ1) is 9.41. The minimum absolute atomic E-state index is 0.723. The van der Waals surface area contributed by atoms with Gasteiger partial charge in [0.2, 0.25) is 0 Å².